The van der Waals surface area contributed by atoms with Crippen LogP contribution in [0.15, 0.2) is 67.3 Å². The smallest absolute Gasteiger partial charge is 0.337 e. The number of aryl methyl sites for hydroxylation is 1. The number of nitrogens with zero attached hydrogens (tertiary/aromatic N) is 3. The van der Waals surface area contributed by atoms with Crippen LogP contribution in [0.25, 0.3) is 22.2 Å². The minimum atomic E-state index is -0.388. The molecule has 4 rings (SSSR count). The van der Waals surface area contributed by atoms with E-state index in [9.17, 15) is 9.59 Å². The Morgan fingerprint density at radius 2 is 2.03 bits per heavy atom. The maximum atomic E-state index is 13.2. The van der Waals surface area contributed by atoms with Gasteiger partial charge in [0.25, 0.3) is 5.56 Å². The second-order valence-corrected chi connectivity index (χ2v) is 8.94. The number of esters is 1. The van der Waals surface area contributed by atoms with E-state index in [2.05, 4.69) is 21.0 Å². The van der Waals surface area contributed by atoms with Gasteiger partial charge >= 0.3 is 5.97 Å². The Morgan fingerprint density at radius 1 is 1.24 bits per heavy atom. The van der Waals surface area contributed by atoms with Gasteiger partial charge in [-0.3, -0.25) is 4.79 Å². The molecular formula is C26H24BrN3O4. The van der Waals surface area contributed by atoms with Crippen LogP contribution in [0.5, 0.6) is 0 Å². The third-order valence-electron chi connectivity index (χ3n) is 5.73. The van der Waals surface area contributed by atoms with Crippen LogP contribution < -0.4 is 5.56 Å². The van der Waals surface area contributed by atoms with Gasteiger partial charge in [0, 0.05) is 16.0 Å². The standard InChI is InChI=1S/C26H24BrN3O4/c1-5-15(2)24-29-22-10-7-18(27)13-21(22)25(31)30(24)28-14-19-8-11-23(34-19)20-9-6-17(12-16(20)3)26(32)33-4/h6-15H,5H2,1-4H3/t15-/m0/s1. The molecule has 2 aromatic heterocycles. The quantitative estimate of drug-likeness (QED) is 0.232. The molecule has 1 atom stereocenters. The van der Waals surface area contributed by atoms with E-state index in [-0.39, 0.29) is 17.4 Å². The summed E-state index contributed by atoms with van der Waals surface area (Å²) in [6, 6.07) is 14.3. The van der Waals surface area contributed by atoms with Gasteiger partial charge < -0.3 is 9.15 Å². The number of carbonyl (C=O) groups excluding carboxylic acids is 1. The first kappa shape index (κ1) is 23.6. The van der Waals surface area contributed by atoms with Crippen molar-refractivity contribution in [3.8, 4) is 11.3 Å². The highest BCUT2D eigenvalue weighted by atomic mass is 79.9. The monoisotopic (exact) mass is 521 g/mol. The SMILES string of the molecule is CC[C@H](C)c1nc2ccc(Br)cc2c(=O)n1N=Cc1ccc(-c2ccc(C(=O)OC)cc2C)o1. The molecular weight excluding hydrogens is 498 g/mol. The van der Waals surface area contributed by atoms with Crippen LogP contribution in [-0.2, 0) is 4.74 Å². The number of halogens is 1. The summed E-state index contributed by atoms with van der Waals surface area (Å²) in [5.41, 5.74) is 2.60. The van der Waals surface area contributed by atoms with E-state index < -0.39 is 0 Å². The molecule has 0 aliphatic heterocycles. The molecule has 0 radical (unpaired) electrons. The number of ether oxygens (including phenoxy) is 1. The lowest BCUT2D eigenvalue weighted by Crippen LogP contribution is -2.23. The number of carbonyl (C=O) groups is 1. The van der Waals surface area contributed by atoms with E-state index in [4.69, 9.17) is 14.1 Å². The second kappa shape index (κ2) is 9.77. The van der Waals surface area contributed by atoms with Gasteiger partial charge in [-0.1, -0.05) is 35.8 Å². The molecule has 174 valence electrons. The lowest BCUT2D eigenvalue weighted by Gasteiger charge is -2.13. The lowest BCUT2D eigenvalue weighted by atomic mass is 10.0. The van der Waals surface area contributed by atoms with Crippen LogP contribution in [0.4, 0.5) is 0 Å². The predicted molar refractivity (Wildman–Crippen MR) is 136 cm³/mol. The van der Waals surface area contributed by atoms with Crippen molar-refractivity contribution in [2.45, 2.75) is 33.1 Å². The number of methoxy groups -OCH3 is 1. The molecule has 0 amide bonds. The number of furan rings is 1. The number of aromatic nitrogens is 2. The minimum Gasteiger partial charge on any atom is -0.465 e. The largest absolute Gasteiger partial charge is 0.465 e. The summed E-state index contributed by atoms with van der Waals surface area (Å²) in [5, 5.41) is 4.94. The zero-order valence-electron chi connectivity index (χ0n) is 19.3. The Hall–Kier alpha value is -3.52. The van der Waals surface area contributed by atoms with E-state index in [1.54, 1.807) is 24.3 Å². The van der Waals surface area contributed by atoms with Crippen LogP contribution in [0.3, 0.4) is 0 Å². The molecule has 2 aromatic carbocycles. The number of rotatable bonds is 6. The third-order valence-corrected chi connectivity index (χ3v) is 6.22. The normalized spacial score (nSPS) is 12.4. The Morgan fingerprint density at radius 3 is 2.74 bits per heavy atom. The highest BCUT2D eigenvalue weighted by Gasteiger charge is 2.16. The van der Waals surface area contributed by atoms with E-state index in [0.717, 1.165) is 22.0 Å². The summed E-state index contributed by atoms with van der Waals surface area (Å²) < 4.78 is 12.9. The van der Waals surface area contributed by atoms with Gasteiger partial charge in [-0.05, 0) is 61.4 Å². The minimum absolute atomic E-state index is 0.0426. The topological polar surface area (TPSA) is 86.7 Å². The number of hydrogen-bond donors (Lipinski definition) is 0. The van der Waals surface area contributed by atoms with Gasteiger partial charge in [-0.15, -0.1) is 0 Å². The van der Waals surface area contributed by atoms with Gasteiger partial charge in [-0.25, -0.2) is 9.78 Å². The molecule has 0 aliphatic carbocycles. The summed E-state index contributed by atoms with van der Waals surface area (Å²) in [6.45, 7) is 5.96. The van der Waals surface area contributed by atoms with Crippen molar-refractivity contribution in [2.75, 3.05) is 7.11 Å². The fourth-order valence-electron chi connectivity index (χ4n) is 3.65. The van der Waals surface area contributed by atoms with Crippen LogP contribution >= 0.6 is 15.9 Å². The Kier molecular flexibility index (Phi) is 6.79. The first-order chi connectivity index (χ1) is 16.3. The van der Waals surface area contributed by atoms with Gasteiger partial charge in [0.1, 0.15) is 17.3 Å². The number of fused-ring (bicyclic) bond motifs is 1. The summed E-state index contributed by atoms with van der Waals surface area (Å²) in [7, 11) is 1.35. The van der Waals surface area contributed by atoms with Crippen molar-refractivity contribution < 1.29 is 13.9 Å². The predicted octanol–water partition coefficient (Wildman–Crippen LogP) is 5.91. The zero-order valence-corrected chi connectivity index (χ0v) is 20.9. The van der Waals surface area contributed by atoms with E-state index in [1.807, 2.05) is 45.0 Å². The van der Waals surface area contributed by atoms with Crippen LogP contribution in [0.1, 0.15) is 53.7 Å². The Bertz CT molecular complexity index is 1470. The summed E-state index contributed by atoms with van der Waals surface area (Å²) in [5.74, 6) is 1.37. The van der Waals surface area contributed by atoms with Gasteiger partial charge in [0.15, 0.2) is 0 Å². The molecule has 7 nitrogen and oxygen atoms in total. The molecule has 0 saturated heterocycles. The molecule has 2 heterocycles. The lowest BCUT2D eigenvalue weighted by molar-refractivity contribution is 0.0600. The van der Waals surface area contributed by atoms with E-state index in [1.165, 1.54) is 18.0 Å². The summed E-state index contributed by atoms with van der Waals surface area (Å²) in [4.78, 5) is 29.7. The fourth-order valence-corrected chi connectivity index (χ4v) is 4.01. The van der Waals surface area contributed by atoms with Crippen LogP contribution in [0.2, 0.25) is 0 Å². The highest BCUT2D eigenvalue weighted by Crippen LogP contribution is 2.26. The first-order valence-corrected chi connectivity index (χ1v) is 11.7. The molecule has 0 fully saturated rings. The van der Waals surface area contributed by atoms with Crippen LogP contribution in [-0.4, -0.2) is 29.0 Å². The molecule has 0 spiro atoms. The highest BCUT2D eigenvalue weighted by molar-refractivity contribution is 9.10. The molecule has 4 aromatic rings. The van der Waals surface area contributed by atoms with Gasteiger partial charge in [0.2, 0.25) is 0 Å². The average molecular weight is 522 g/mol. The van der Waals surface area contributed by atoms with Crippen molar-refractivity contribution in [2.24, 2.45) is 5.10 Å². The zero-order chi connectivity index (χ0) is 24.4. The van der Waals surface area contributed by atoms with Crippen molar-refractivity contribution in [3.05, 3.63) is 86.1 Å². The van der Waals surface area contributed by atoms with Gasteiger partial charge in [-0.2, -0.15) is 9.78 Å². The third kappa shape index (κ3) is 4.59. The van der Waals surface area contributed by atoms with Crippen LogP contribution in [0, 0.1) is 6.92 Å². The van der Waals surface area contributed by atoms with Gasteiger partial charge in [0.05, 0.1) is 29.8 Å². The maximum absolute atomic E-state index is 13.2. The average Bonchev–Trinajstić information content (AvgIpc) is 3.31. The molecule has 0 N–H and O–H groups in total. The molecule has 0 aliphatic rings. The summed E-state index contributed by atoms with van der Waals surface area (Å²) in [6.07, 6.45) is 2.33. The van der Waals surface area contributed by atoms with E-state index in [0.29, 0.717) is 33.8 Å². The molecule has 0 bridgehead atoms. The maximum Gasteiger partial charge on any atom is 0.337 e. The molecule has 8 heteroatoms. The second-order valence-electron chi connectivity index (χ2n) is 8.03. The van der Waals surface area contributed by atoms with Crippen molar-refractivity contribution in [3.63, 3.8) is 0 Å². The fraction of sp³-hybridized carbons (Fsp3) is 0.231. The first-order valence-electron chi connectivity index (χ1n) is 10.9. The molecule has 34 heavy (non-hydrogen) atoms. The Labute approximate surface area is 205 Å². The Balaban J connectivity index is 1.71. The molecule has 0 unspecified atom stereocenters. The van der Waals surface area contributed by atoms with E-state index >= 15 is 0 Å². The van der Waals surface area contributed by atoms with Crippen molar-refractivity contribution in [1.29, 1.82) is 0 Å². The number of benzene rings is 2. The molecule has 0 saturated carbocycles. The number of hydrogen-bond acceptors (Lipinski definition) is 6. The van der Waals surface area contributed by atoms with Crippen molar-refractivity contribution in [1.82, 2.24) is 9.66 Å². The van der Waals surface area contributed by atoms with Crippen molar-refractivity contribution >= 4 is 39.0 Å². The summed E-state index contributed by atoms with van der Waals surface area (Å²) >= 11 is 3.42.